The van der Waals surface area contributed by atoms with Crippen LogP contribution < -0.4 is 5.73 Å². The Morgan fingerprint density at radius 2 is 2.00 bits per heavy atom. The molecule has 1 nitrogen and oxygen atoms in total. The van der Waals surface area contributed by atoms with Crippen molar-refractivity contribution in [2.75, 3.05) is 6.54 Å². The second-order valence-corrected chi connectivity index (χ2v) is 3.34. The summed E-state index contributed by atoms with van der Waals surface area (Å²) in [7, 11) is 0. The largest absolute Gasteiger partial charge is 0.330 e. The maximum absolute atomic E-state index is 5.61. The first-order valence-electron chi connectivity index (χ1n) is 3.57. The van der Waals surface area contributed by atoms with Crippen LogP contribution in [0.3, 0.4) is 0 Å². The van der Waals surface area contributed by atoms with Crippen LogP contribution in [0.5, 0.6) is 0 Å². The molecular weight excluding hydrogens is 98.1 g/mol. The van der Waals surface area contributed by atoms with E-state index in [9.17, 15) is 0 Å². The summed E-state index contributed by atoms with van der Waals surface area (Å²) in [5, 5.41) is 0. The molecule has 2 N–H and O–H groups in total. The van der Waals surface area contributed by atoms with Crippen molar-refractivity contribution in [1.82, 2.24) is 0 Å². The molecule has 46 valence electrons. The Balaban J connectivity index is 2.05. The van der Waals surface area contributed by atoms with E-state index in [1.54, 1.807) is 0 Å². The summed E-state index contributed by atoms with van der Waals surface area (Å²) in [5.74, 6) is 1.05. The van der Waals surface area contributed by atoms with Gasteiger partial charge in [-0.2, -0.15) is 0 Å². The minimum absolute atomic E-state index is 0.681. The zero-order chi connectivity index (χ0) is 5.61. The highest BCUT2D eigenvalue weighted by Gasteiger charge is 2.51. The second-order valence-electron chi connectivity index (χ2n) is 3.34. The summed E-state index contributed by atoms with van der Waals surface area (Å²) in [6.45, 7) is 0.956. The Bertz CT molecular complexity index is 95.4. The quantitative estimate of drug-likeness (QED) is 0.539. The molecular formula is C7H13N. The number of rotatable bonds is 1. The summed E-state index contributed by atoms with van der Waals surface area (Å²) < 4.78 is 0. The van der Waals surface area contributed by atoms with E-state index in [4.69, 9.17) is 5.73 Å². The fourth-order valence-corrected chi connectivity index (χ4v) is 2.15. The molecule has 2 rings (SSSR count). The lowest BCUT2D eigenvalue weighted by atomic mass is 9.48. The van der Waals surface area contributed by atoms with Gasteiger partial charge in [0.2, 0.25) is 0 Å². The topological polar surface area (TPSA) is 26.0 Å². The van der Waals surface area contributed by atoms with Crippen LogP contribution in [0.1, 0.15) is 25.7 Å². The monoisotopic (exact) mass is 111 g/mol. The summed E-state index contributed by atoms with van der Waals surface area (Å²) in [6.07, 6.45) is 5.79. The highest BCUT2D eigenvalue weighted by atomic mass is 14.7. The number of fused-ring (bicyclic) bond motifs is 1. The standard InChI is InChI=1S/C7H13N/c8-5-7-3-1-6(7)2-4-7/h6H,1-5,8H2. The number of hydrogen-bond donors (Lipinski definition) is 1. The van der Waals surface area contributed by atoms with Gasteiger partial charge in [0, 0.05) is 0 Å². The van der Waals surface area contributed by atoms with Crippen molar-refractivity contribution in [2.45, 2.75) is 25.7 Å². The van der Waals surface area contributed by atoms with Crippen molar-refractivity contribution in [1.29, 1.82) is 0 Å². The van der Waals surface area contributed by atoms with E-state index >= 15 is 0 Å². The lowest BCUT2D eigenvalue weighted by Gasteiger charge is -2.58. The van der Waals surface area contributed by atoms with E-state index in [-0.39, 0.29) is 0 Å². The van der Waals surface area contributed by atoms with E-state index in [0.29, 0.717) is 5.41 Å². The maximum atomic E-state index is 5.61. The minimum atomic E-state index is 0.681. The molecule has 0 bridgehead atoms. The highest BCUT2D eigenvalue weighted by Crippen LogP contribution is 2.60. The second kappa shape index (κ2) is 1.27. The molecule has 8 heavy (non-hydrogen) atoms. The molecule has 0 amide bonds. The lowest BCUT2D eigenvalue weighted by molar-refractivity contribution is -0.0650. The lowest BCUT2D eigenvalue weighted by Crippen LogP contribution is -2.53. The molecule has 0 aromatic rings. The molecule has 0 aliphatic heterocycles. The molecule has 0 heterocycles. The SMILES string of the molecule is NCC12CCC1CC2. The molecule has 0 aromatic carbocycles. The molecule has 2 aliphatic rings. The van der Waals surface area contributed by atoms with Crippen LogP contribution >= 0.6 is 0 Å². The molecule has 0 atom stereocenters. The average molecular weight is 111 g/mol. The van der Waals surface area contributed by atoms with Crippen LogP contribution in [0.4, 0.5) is 0 Å². The van der Waals surface area contributed by atoms with E-state index in [1.807, 2.05) is 0 Å². The first-order chi connectivity index (χ1) is 3.87. The predicted molar refractivity (Wildman–Crippen MR) is 33.4 cm³/mol. The first-order valence-corrected chi connectivity index (χ1v) is 3.57. The molecule has 0 saturated heterocycles. The fraction of sp³-hybridized carbons (Fsp3) is 1.00. The van der Waals surface area contributed by atoms with Gasteiger partial charge in [-0.25, -0.2) is 0 Å². The Hall–Kier alpha value is -0.0400. The van der Waals surface area contributed by atoms with Crippen LogP contribution in [-0.2, 0) is 0 Å². The van der Waals surface area contributed by atoms with E-state index in [0.717, 1.165) is 12.5 Å². The Morgan fingerprint density at radius 1 is 1.38 bits per heavy atom. The summed E-state index contributed by atoms with van der Waals surface area (Å²) in [5.41, 5.74) is 6.29. The fourth-order valence-electron chi connectivity index (χ4n) is 2.15. The van der Waals surface area contributed by atoms with Crippen LogP contribution in [0.2, 0.25) is 0 Å². The molecule has 0 spiro atoms. The third-order valence-electron chi connectivity index (χ3n) is 3.25. The minimum Gasteiger partial charge on any atom is -0.330 e. The van der Waals surface area contributed by atoms with Crippen molar-refractivity contribution >= 4 is 0 Å². The summed E-state index contributed by atoms with van der Waals surface area (Å²) >= 11 is 0. The average Bonchev–Trinajstić information content (AvgIpc) is 1.78. The Morgan fingerprint density at radius 3 is 2.00 bits per heavy atom. The van der Waals surface area contributed by atoms with Crippen LogP contribution in [-0.4, -0.2) is 6.54 Å². The van der Waals surface area contributed by atoms with Crippen molar-refractivity contribution in [3.63, 3.8) is 0 Å². The van der Waals surface area contributed by atoms with Crippen LogP contribution in [0.25, 0.3) is 0 Å². The maximum Gasteiger partial charge on any atom is -0.00179 e. The zero-order valence-electron chi connectivity index (χ0n) is 5.19. The third-order valence-corrected chi connectivity index (χ3v) is 3.25. The molecule has 0 unspecified atom stereocenters. The van der Waals surface area contributed by atoms with Gasteiger partial charge in [-0.3, -0.25) is 0 Å². The van der Waals surface area contributed by atoms with E-state index in [2.05, 4.69) is 0 Å². The third kappa shape index (κ3) is 0.334. The van der Waals surface area contributed by atoms with Crippen molar-refractivity contribution < 1.29 is 0 Å². The molecule has 2 fully saturated rings. The molecule has 2 saturated carbocycles. The van der Waals surface area contributed by atoms with Gasteiger partial charge < -0.3 is 5.73 Å². The van der Waals surface area contributed by atoms with Gasteiger partial charge in [0.05, 0.1) is 0 Å². The smallest absolute Gasteiger partial charge is 0.00179 e. The van der Waals surface area contributed by atoms with Gasteiger partial charge in [0.15, 0.2) is 0 Å². The number of nitrogens with two attached hydrogens (primary N) is 1. The highest BCUT2D eigenvalue weighted by molar-refractivity contribution is 5.03. The van der Waals surface area contributed by atoms with E-state index in [1.165, 1.54) is 25.7 Å². The van der Waals surface area contributed by atoms with Crippen molar-refractivity contribution in [2.24, 2.45) is 17.1 Å². The van der Waals surface area contributed by atoms with Crippen LogP contribution in [0, 0.1) is 11.3 Å². The van der Waals surface area contributed by atoms with Gasteiger partial charge in [-0.1, -0.05) is 0 Å². The molecule has 1 heteroatoms. The molecule has 0 aromatic heterocycles. The Kier molecular flexibility index (Phi) is 0.762. The molecule has 0 radical (unpaired) electrons. The van der Waals surface area contributed by atoms with Gasteiger partial charge in [0.25, 0.3) is 0 Å². The normalized spacial score (nSPS) is 51.4. The van der Waals surface area contributed by atoms with Crippen LogP contribution in [0.15, 0.2) is 0 Å². The van der Waals surface area contributed by atoms with E-state index < -0.39 is 0 Å². The van der Waals surface area contributed by atoms with Gasteiger partial charge >= 0.3 is 0 Å². The van der Waals surface area contributed by atoms with Gasteiger partial charge in [-0.05, 0) is 43.6 Å². The summed E-state index contributed by atoms with van der Waals surface area (Å²) in [6, 6.07) is 0. The van der Waals surface area contributed by atoms with Gasteiger partial charge in [-0.15, -0.1) is 0 Å². The number of hydrogen-bond acceptors (Lipinski definition) is 1. The van der Waals surface area contributed by atoms with Crippen molar-refractivity contribution in [3.05, 3.63) is 0 Å². The zero-order valence-corrected chi connectivity index (χ0v) is 5.19. The predicted octanol–water partition coefficient (Wildman–Crippen LogP) is 1.14. The molecule has 2 aliphatic carbocycles. The Labute approximate surface area is 50.3 Å². The first kappa shape index (κ1) is 4.80. The summed E-state index contributed by atoms with van der Waals surface area (Å²) in [4.78, 5) is 0. The van der Waals surface area contributed by atoms with Gasteiger partial charge in [0.1, 0.15) is 0 Å². The van der Waals surface area contributed by atoms with Crippen molar-refractivity contribution in [3.8, 4) is 0 Å².